The second-order valence-corrected chi connectivity index (χ2v) is 3.23. The number of ether oxygens (including phenoxy) is 1. The van der Waals surface area contributed by atoms with E-state index in [-0.39, 0.29) is 0 Å². The smallest absolute Gasteiger partial charge is 0.259 e. The van der Waals surface area contributed by atoms with Crippen molar-refractivity contribution in [1.29, 1.82) is 0 Å². The normalized spacial score (nSPS) is 12.2. The Kier molecular flexibility index (Phi) is 3.27. The molecule has 0 aliphatic heterocycles. The number of benzene rings is 1. The first-order valence-corrected chi connectivity index (χ1v) is 4.76. The number of nitrogens with one attached hydrogen (secondary N) is 1. The molecule has 0 radical (unpaired) electrons. The Hall–Kier alpha value is -1.07. The van der Waals surface area contributed by atoms with E-state index < -0.39 is 11.3 Å². The summed E-state index contributed by atoms with van der Waals surface area (Å²) in [6, 6.07) is 5.21. The summed E-state index contributed by atoms with van der Waals surface area (Å²) < 4.78 is 26.4. The highest BCUT2D eigenvalue weighted by atomic mass is 32.2. The Morgan fingerprint density at radius 3 is 2.69 bits per heavy atom. The first-order valence-electron chi connectivity index (χ1n) is 3.65. The van der Waals surface area contributed by atoms with E-state index in [4.69, 9.17) is 9.29 Å². The van der Waals surface area contributed by atoms with Crippen molar-refractivity contribution < 1.29 is 13.5 Å². The highest BCUT2D eigenvalue weighted by Gasteiger charge is 2.01. The second-order valence-electron chi connectivity index (χ2n) is 2.53. The molecule has 0 bridgehead atoms. The molecule has 0 aromatic heterocycles. The fraction of sp³-hybridized carbons (Fsp3) is 0.250. The molecule has 0 saturated carbocycles. The molecule has 0 saturated heterocycles. The molecule has 0 aliphatic rings. The van der Waals surface area contributed by atoms with E-state index in [1.54, 1.807) is 25.3 Å². The average molecular weight is 201 g/mol. The maximum atomic E-state index is 10.4. The number of anilines is 1. The van der Waals surface area contributed by atoms with E-state index in [1.807, 2.05) is 6.92 Å². The standard InChI is InChI=1S/C8H11NO3S/c1-6-5-7(12-2)3-4-8(6)9-13(10)11/h3-5,9H,1-2H3,(H,10,11). The number of methoxy groups -OCH3 is 1. The van der Waals surface area contributed by atoms with Gasteiger partial charge in [-0.3, -0.25) is 9.27 Å². The predicted molar refractivity (Wildman–Crippen MR) is 52.1 cm³/mol. The average Bonchev–Trinajstić information content (AvgIpc) is 2.08. The first-order chi connectivity index (χ1) is 6.13. The van der Waals surface area contributed by atoms with Crippen molar-refractivity contribution in [3.63, 3.8) is 0 Å². The van der Waals surface area contributed by atoms with E-state index in [0.717, 1.165) is 11.3 Å². The van der Waals surface area contributed by atoms with Crippen molar-refractivity contribution in [2.45, 2.75) is 6.92 Å². The molecular formula is C8H11NO3S. The second kappa shape index (κ2) is 4.25. The highest BCUT2D eigenvalue weighted by molar-refractivity contribution is 7.80. The molecule has 0 fully saturated rings. The monoisotopic (exact) mass is 201 g/mol. The number of aryl methyl sites for hydroxylation is 1. The molecule has 1 aromatic rings. The van der Waals surface area contributed by atoms with E-state index in [1.165, 1.54) is 0 Å². The van der Waals surface area contributed by atoms with Gasteiger partial charge in [-0.25, -0.2) is 4.21 Å². The van der Waals surface area contributed by atoms with E-state index in [9.17, 15) is 4.21 Å². The van der Waals surface area contributed by atoms with E-state index in [2.05, 4.69) is 4.72 Å². The largest absolute Gasteiger partial charge is 0.497 e. The molecule has 72 valence electrons. The Bertz CT molecular complexity index is 327. The molecule has 5 heteroatoms. The molecule has 0 heterocycles. The molecule has 1 unspecified atom stereocenters. The predicted octanol–water partition coefficient (Wildman–Crippen LogP) is 1.55. The zero-order valence-corrected chi connectivity index (χ0v) is 8.22. The van der Waals surface area contributed by atoms with Crippen LogP contribution in [0.3, 0.4) is 0 Å². The van der Waals surface area contributed by atoms with Crippen LogP contribution in [0.5, 0.6) is 5.75 Å². The van der Waals surface area contributed by atoms with Gasteiger partial charge in [0.1, 0.15) is 5.75 Å². The van der Waals surface area contributed by atoms with Gasteiger partial charge in [-0.2, -0.15) is 0 Å². The van der Waals surface area contributed by atoms with Gasteiger partial charge in [0.25, 0.3) is 11.3 Å². The van der Waals surface area contributed by atoms with E-state index >= 15 is 0 Å². The quantitative estimate of drug-likeness (QED) is 0.729. The Morgan fingerprint density at radius 1 is 1.54 bits per heavy atom. The van der Waals surface area contributed by atoms with Crippen LogP contribution in [-0.4, -0.2) is 15.9 Å². The Labute approximate surface area is 79.3 Å². The summed E-state index contributed by atoms with van der Waals surface area (Å²) in [5.74, 6) is 0.728. The van der Waals surface area contributed by atoms with Crippen LogP contribution in [0.15, 0.2) is 18.2 Å². The lowest BCUT2D eigenvalue weighted by atomic mass is 10.2. The molecule has 0 spiro atoms. The van der Waals surface area contributed by atoms with Crippen molar-refractivity contribution >= 4 is 17.0 Å². The highest BCUT2D eigenvalue weighted by Crippen LogP contribution is 2.20. The van der Waals surface area contributed by atoms with Crippen LogP contribution in [0.4, 0.5) is 5.69 Å². The van der Waals surface area contributed by atoms with Gasteiger partial charge in [-0.15, -0.1) is 0 Å². The maximum absolute atomic E-state index is 10.4. The van der Waals surface area contributed by atoms with Gasteiger partial charge in [-0.1, -0.05) is 0 Å². The van der Waals surface area contributed by atoms with Gasteiger partial charge in [0.15, 0.2) is 0 Å². The SMILES string of the molecule is COc1ccc(NS(=O)O)c(C)c1. The molecule has 0 amide bonds. The lowest BCUT2D eigenvalue weighted by Crippen LogP contribution is -2.03. The maximum Gasteiger partial charge on any atom is 0.259 e. The van der Waals surface area contributed by atoms with Crippen LogP contribution in [0, 0.1) is 6.92 Å². The minimum atomic E-state index is -2.03. The van der Waals surface area contributed by atoms with Gasteiger partial charge in [-0.05, 0) is 30.7 Å². The molecule has 4 nitrogen and oxygen atoms in total. The number of hydrogen-bond acceptors (Lipinski definition) is 2. The van der Waals surface area contributed by atoms with Crippen molar-refractivity contribution in [2.75, 3.05) is 11.8 Å². The topological polar surface area (TPSA) is 58.6 Å². The third-order valence-corrected chi connectivity index (χ3v) is 2.03. The molecule has 1 rings (SSSR count). The van der Waals surface area contributed by atoms with Gasteiger partial charge in [0.2, 0.25) is 0 Å². The van der Waals surface area contributed by atoms with Gasteiger partial charge in [0, 0.05) is 0 Å². The Morgan fingerprint density at radius 2 is 2.23 bits per heavy atom. The fourth-order valence-electron chi connectivity index (χ4n) is 0.972. The van der Waals surface area contributed by atoms with Crippen LogP contribution in [-0.2, 0) is 11.3 Å². The fourth-order valence-corrected chi connectivity index (χ4v) is 1.39. The van der Waals surface area contributed by atoms with Crippen LogP contribution in [0.25, 0.3) is 0 Å². The molecule has 2 N–H and O–H groups in total. The zero-order chi connectivity index (χ0) is 9.84. The number of hydrogen-bond donors (Lipinski definition) is 2. The van der Waals surface area contributed by atoms with Crippen molar-refractivity contribution in [3.8, 4) is 5.75 Å². The summed E-state index contributed by atoms with van der Waals surface area (Å²) in [6.07, 6.45) is 0. The minimum Gasteiger partial charge on any atom is -0.497 e. The summed E-state index contributed by atoms with van der Waals surface area (Å²) in [5, 5.41) is 0. The molecule has 1 atom stereocenters. The van der Waals surface area contributed by atoms with Crippen molar-refractivity contribution in [2.24, 2.45) is 0 Å². The van der Waals surface area contributed by atoms with Crippen LogP contribution < -0.4 is 9.46 Å². The molecule has 1 aromatic carbocycles. The van der Waals surface area contributed by atoms with Crippen LogP contribution in [0.2, 0.25) is 0 Å². The number of rotatable bonds is 3. The molecular weight excluding hydrogens is 190 g/mol. The summed E-state index contributed by atoms with van der Waals surface area (Å²) in [5.41, 5.74) is 1.49. The molecule has 0 aliphatic carbocycles. The Balaban J connectivity index is 2.91. The van der Waals surface area contributed by atoms with Crippen LogP contribution in [0.1, 0.15) is 5.56 Å². The first kappa shape index (κ1) is 10.0. The third kappa shape index (κ3) is 2.71. The third-order valence-electron chi connectivity index (χ3n) is 1.63. The van der Waals surface area contributed by atoms with Crippen molar-refractivity contribution in [3.05, 3.63) is 23.8 Å². The lowest BCUT2D eigenvalue weighted by Gasteiger charge is -2.07. The molecule has 13 heavy (non-hydrogen) atoms. The van der Waals surface area contributed by atoms with Crippen molar-refractivity contribution in [1.82, 2.24) is 0 Å². The summed E-state index contributed by atoms with van der Waals surface area (Å²) >= 11 is -2.03. The summed E-state index contributed by atoms with van der Waals surface area (Å²) in [4.78, 5) is 0. The van der Waals surface area contributed by atoms with Gasteiger partial charge in [0.05, 0.1) is 12.8 Å². The zero-order valence-electron chi connectivity index (χ0n) is 7.40. The summed E-state index contributed by atoms with van der Waals surface area (Å²) in [7, 11) is 1.58. The summed E-state index contributed by atoms with van der Waals surface area (Å²) in [6.45, 7) is 1.83. The minimum absolute atomic E-state index is 0.627. The lowest BCUT2D eigenvalue weighted by molar-refractivity contribution is 0.414. The van der Waals surface area contributed by atoms with Gasteiger partial charge < -0.3 is 4.74 Å². The van der Waals surface area contributed by atoms with E-state index in [0.29, 0.717) is 5.69 Å². The van der Waals surface area contributed by atoms with Gasteiger partial charge >= 0.3 is 0 Å². The van der Waals surface area contributed by atoms with Crippen LogP contribution >= 0.6 is 0 Å².